The Morgan fingerprint density at radius 3 is 1.27 bits per heavy atom. The molecule has 0 saturated carbocycles. The standard InChI is InChI=1S/C18H19NO4.C16H16O4.C16H14O4.C14H12O4/c20-12-16-15-4-1-13(11-14(15)3-5-17(16)21)2-6-18(22)19-7-9-23-10-8-19;2*1-2-20-16(19)8-4-11-3-6-13-12(9-11)5-7-15(18)14(13)10-17;15-8-12-11-4-1-9(2-6-14(17)18)7-10(11)3-5-13(12)16/h1,3-5,11-12,21H,2,6-10H2;3,5-7,9-10,18H,2,4,8H2,1H3;3-10,18H,2H2,1H3;1,3-5,7-8,16H,2,6H2,(H,17,18)/b;;8-4+;. The van der Waals surface area contributed by atoms with E-state index in [9.17, 15) is 58.8 Å². The van der Waals surface area contributed by atoms with Gasteiger partial charge in [0.05, 0.1) is 48.7 Å². The number of rotatable bonds is 17. The van der Waals surface area contributed by atoms with Crippen molar-refractivity contribution in [2.45, 2.75) is 52.4 Å². The zero-order valence-electron chi connectivity index (χ0n) is 44.7. The Bertz CT molecular complexity index is 3640. The van der Waals surface area contributed by atoms with Gasteiger partial charge >= 0.3 is 17.9 Å². The number of aldehydes is 4. The molecule has 1 fully saturated rings. The summed E-state index contributed by atoms with van der Waals surface area (Å²) in [5.41, 5.74) is 4.87. The van der Waals surface area contributed by atoms with Gasteiger partial charge in [0.1, 0.15) is 23.0 Å². The lowest BCUT2D eigenvalue weighted by Crippen LogP contribution is -2.40. The van der Waals surface area contributed by atoms with Crippen LogP contribution in [0.5, 0.6) is 23.0 Å². The number of morpholine rings is 1. The third-order valence-corrected chi connectivity index (χ3v) is 13.1. The van der Waals surface area contributed by atoms with Crippen LogP contribution in [0.2, 0.25) is 0 Å². The molecule has 8 aromatic carbocycles. The number of phenols is 4. The van der Waals surface area contributed by atoms with Gasteiger partial charge in [-0.15, -0.1) is 0 Å². The van der Waals surface area contributed by atoms with Gasteiger partial charge in [-0.25, -0.2) is 4.79 Å². The first kappa shape index (κ1) is 60.5. The van der Waals surface area contributed by atoms with Crippen molar-refractivity contribution in [1.82, 2.24) is 4.90 Å². The second-order valence-electron chi connectivity index (χ2n) is 18.4. The lowest BCUT2D eigenvalue weighted by Gasteiger charge is -2.26. The Kier molecular flexibility index (Phi) is 22.3. The molecule has 1 heterocycles. The SMILES string of the molecule is CCOC(=O)/C=C/c1ccc2c(C=O)c(O)ccc2c1.CCOC(=O)CCc1ccc2c(C=O)c(O)ccc2c1.O=Cc1c(O)ccc2cc(CCC(=O)N3CCOCC3)ccc12.O=Cc1c(O)ccc2cc(CCC(=O)O)ccc12. The Hall–Kier alpha value is -9.74. The number of benzene rings is 8. The van der Waals surface area contributed by atoms with E-state index in [-0.39, 0.29) is 52.4 Å². The quantitative estimate of drug-likeness (QED) is 0.0322. The number of ether oxygens (including phenoxy) is 3. The Morgan fingerprint density at radius 2 is 0.877 bits per heavy atom. The van der Waals surface area contributed by atoms with E-state index < -0.39 is 11.9 Å². The number of amides is 1. The number of aliphatic carboxylic acids is 1. The van der Waals surface area contributed by atoms with Crippen LogP contribution in [-0.4, -0.2) is 119 Å². The van der Waals surface area contributed by atoms with Crippen LogP contribution >= 0.6 is 0 Å². The van der Waals surface area contributed by atoms with Crippen molar-refractivity contribution in [2.24, 2.45) is 0 Å². The number of carboxylic acid groups (broad SMARTS) is 1. The molecule has 1 aliphatic heterocycles. The lowest BCUT2D eigenvalue weighted by molar-refractivity contribution is -0.143. The Balaban J connectivity index is 0.000000175. The number of esters is 2. The topological polar surface area (TPSA) is 269 Å². The van der Waals surface area contributed by atoms with E-state index in [1.54, 1.807) is 74.5 Å². The van der Waals surface area contributed by atoms with Crippen LogP contribution in [0.1, 0.15) is 96.8 Å². The molecule has 0 aliphatic carbocycles. The molecule has 1 aliphatic rings. The van der Waals surface area contributed by atoms with Gasteiger partial charge in [0, 0.05) is 38.4 Å². The van der Waals surface area contributed by atoms with Gasteiger partial charge in [-0.05, 0) is 135 Å². The molecular weight excluding hydrogens is 1040 g/mol. The van der Waals surface area contributed by atoms with Crippen molar-refractivity contribution >= 4 is 98.1 Å². The molecule has 0 bridgehead atoms. The van der Waals surface area contributed by atoms with Gasteiger partial charge in [0.15, 0.2) is 25.1 Å². The van der Waals surface area contributed by atoms with Crippen molar-refractivity contribution in [1.29, 1.82) is 0 Å². The molecule has 9 rings (SSSR count). The van der Waals surface area contributed by atoms with E-state index in [2.05, 4.69) is 0 Å². The Labute approximate surface area is 466 Å². The van der Waals surface area contributed by atoms with Crippen molar-refractivity contribution in [3.63, 3.8) is 0 Å². The average Bonchev–Trinajstić information content (AvgIpc) is 3.51. The number of fused-ring (bicyclic) bond motifs is 4. The smallest absolute Gasteiger partial charge is 0.330 e. The Morgan fingerprint density at radius 1 is 0.494 bits per heavy atom. The summed E-state index contributed by atoms with van der Waals surface area (Å²) in [6.07, 6.45) is 8.12. The van der Waals surface area contributed by atoms with Gasteiger partial charge in [0.2, 0.25) is 5.91 Å². The molecule has 0 atom stereocenters. The van der Waals surface area contributed by atoms with Gasteiger partial charge in [-0.2, -0.15) is 0 Å². The zero-order chi connectivity index (χ0) is 58.4. The summed E-state index contributed by atoms with van der Waals surface area (Å²) >= 11 is 0. The zero-order valence-corrected chi connectivity index (χ0v) is 44.7. The highest BCUT2D eigenvalue weighted by atomic mass is 16.5. The van der Waals surface area contributed by atoms with Crippen molar-refractivity contribution in [2.75, 3.05) is 39.5 Å². The fourth-order valence-electron chi connectivity index (χ4n) is 8.91. The normalized spacial score (nSPS) is 11.8. The summed E-state index contributed by atoms with van der Waals surface area (Å²) in [6.45, 7) is 6.80. The highest BCUT2D eigenvalue weighted by molar-refractivity contribution is 6.04. The third-order valence-electron chi connectivity index (χ3n) is 13.1. The van der Waals surface area contributed by atoms with E-state index in [0.29, 0.717) is 124 Å². The fourth-order valence-corrected chi connectivity index (χ4v) is 8.91. The van der Waals surface area contributed by atoms with Crippen LogP contribution in [-0.2, 0) is 52.7 Å². The second kappa shape index (κ2) is 29.8. The maximum Gasteiger partial charge on any atom is 0.330 e. The van der Waals surface area contributed by atoms with Crippen LogP contribution in [0.3, 0.4) is 0 Å². The molecule has 1 saturated heterocycles. The predicted molar refractivity (Wildman–Crippen MR) is 306 cm³/mol. The molecule has 0 radical (unpaired) electrons. The van der Waals surface area contributed by atoms with Gasteiger partial charge in [-0.1, -0.05) is 91.0 Å². The summed E-state index contributed by atoms with van der Waals surface area (Å²) in [4.78, 5) is 91.0. The maximum absolute atomic E-state index is 12.2. The second-order valence-corrected chi connectivity index (χ2v) is 18.4. The third kappa shape index (κ3) is 16.6. The minimum Gasteiger partial charge on any atom is -0.507 e. The summed E-state index contributed by atoms with van der Waals surface area (Å²) in [6, 6.07) is 34.9. The van der Waals surface area contributed by atoms with Crippen molar-refractivity contribution in [3.05, 3.63) is 172 Å². The number of carboxylic acids is 1. The van der Waals surface area contributed by atoms with Crippen molar-refractivity contribution < 1.29 is 78.1 Å². The van der Waals surface area contributed by atoms with Crippen LogP contribution in [0.25, 0.3) is 49.2 Å². The molecule has 0 unspecified atom stereocenters. The number of carbonyl (C=O) groups excluding carboxylic acids is 7. The highest BCUT2D eigenvalue weighted by Crippen LogP contribution is 2.30. The number of hydrogen-bond acceptors (Lipinski definition) is 15. The first-order valence-electron chi connectivity index (χ1n) is 26.0. The first-order valence-corrected chi connectivity index (χ1v) is 26.0. The minimum atomic E-state index is -0.839. The molecule has 17 nitrogen and oxygen atoms in total. The summed E-state index contributed by atoms with van der Waals surface area (Å²) < 4.78 is 14.9. The number of aryl methyl sites for hydroxylation is 3. The molecule has 17 heteroatoms. The first-order chi connectivity index (χ1) is 39.1. The molecule has 8 aromatic rings. The average molecular weight is 1100 g/mol. The van der Waals surface area contributed by atoms with Crippen LogP contribution in [0, 0.1) is 0 Å². The summed E-state index contributed by atoms with van der Waals surface area (Å²) in [5.74, 6) is -1.42. The number of nitrogens with zero attached hydrogens (tertiary/aromatic N) is 1. The molecule has 1 amide bonds. The minimum absolute atomic E-state index is 0.0113. The highest BCUT2D eigenvalue weighted by Gasteiger charge is 2.17. The maximum atomic E-state index is 12.2. The van der Waals surface area contributed by atoms with E-state index in [1.165, 1.54) is 30.3 Å². The molecular formula is C64H61NO16. The van der Waals surface area contributed by atoms with Crippen LogP contribution in [0.4, 0.5) is 0 Å². The van der Waals surface area contributed by atoms with E-state index >= 15 is 0 Å². The lowest BCUT2D eigenvalue weighted by atomic mass is 10.00. The summed E-state index contributed by atoms with van der Waals surface area (Å²) in [5, 5.41) is 53.3. The number of carbonyl (C=O) groups is 8. The number of phenolic OH excluding ortho intramolecular Hbond substituents is 4. The molecule has 0 spiro atoms. The van der Waals surface area contributed by atoms with Gasteiger partial charge in [-0.3, -0.25) is 33.6 Å². The van der Waals surface area contributed by atoms with Gasteiger partial charge in [0.25, 0.3) is 0 Å². The van der Waals surface area contributed by atoms with Crippen molar-refractivity contribution in [3.8, 4) is 23.0 Å². The number of hydrogen-bond donors (Lipinski definition) is 5. The monoisotopic (exact) mass is 1100 g/mol. The van der Waals surface area contributed by atoms with Crippen LogP contribution in [0.15, 0.2) is 127 Å². The summed E-state index contributed by atoms with van der Waals surface area (Å²) in [7, 11) is 0. The van der Waals surface area contributed by atoms with Gasteiger partial charge < -0.3 is 44.6 Å². The predicted octanol–water partition coefficient (Wildman–Crippen LogP) is 10.3. The molecule has 5 N–H and O–H groups in total. The molecule has 81 heavy (non-hydrogen) atoms. The van der Waals surface area contributed by atoms with E-state index in [4.69, 9.17) is 19.3 Å². The molecule has 0 aromatic heterocycles. The van der Waals surface area contributed by atoms with E-state index in [1.807, 2.05) is 47.4 Å². The molecule has 418 valence electrons. The van der Waals surface area contributed by atoms with E-state index in [0.717, 1.165) is 49.2 Å². The number of aromatic hydroxyl groups is 4. The van der Waals surface area contributed by atoms with Crippen LogP contribution < -0.4 is 0 Å². The fraction of sp³-hybridized carbons (Fsp3) is 0.219. The largest absolute Gasteiger partial charge is 0.507 e.